The molecule has 8 nitrogen and oxygen atoms in total. The second-order valence-corrected chi connectivity index (χ2v) is 7.79. The Morgan fingerprint density at radius 3 is 2.63 bits per heavy atom. The van der Waals surface area contributed by atoms with E-state index in [0.29, 0.717) is 12.5 Å². The predicted molar refractivity (Wildman–Crippen MR) is 120 cm³/mol. The minimum absolute atomic E-state index is 0.192. The zero-order valence-electron chi connectivity index (χ0n) is 18.0. The fraction of sp³-hybridized carbons (Fsp3) is 0.429. The third-order valence-electron chi connectivity index (χ3n) is 4.62. The molecule has 0 fully saturated rings. The van der Waals surface area contributed by atoms with Crippen LogP contribution in [0.15, 0.2) is 29.7 Å². The molecule has 3 rings (SSSR count). The highest BCUT2D eigenvalue weighted by Gasteiger charge is 2.16. The third kappa shape index (κ3) is 5.15. The van der Waals surface area contributed by atoms with Crippen LogP contribution in [-0.4, -0.2) is 37.2 Å². The van der Waals surface area contributed by atoms with E-state index < -0.39 is 0 Å². The van der Waals surface area contributed by atoms with Crippen molar-refractivity contribution >= 4 is 23.0 Å². The smallest absolute Gasteiger partial charge is 0.350 e. The monoisotopic (exact) mass is 425 g/mol. The molecule has 3 aromatic rings. The molecular weight excluding hydrogens is 398 g/mol. The largest absolute Gasteiger partial charge is 0.354 e. The number of hydrogen-bond acceptors (Lipinski definition) is 9. The van der Waals surface area contributed by atoms with Crippen LogP contribution in [0.3, 0.4) is 0 Å². The number of nitrogens with one attached hydrogen (secondary N) is 1. The number of hydrogen-bond donors (Lipinski definition) is 1. The van der Waals surface area contributed by atoms with Crippen LogP contribution in [0.1, 0.15) is 62.8 Å². The first-order chi connectivity index (χ1) is 14.5. The van der Waals surface area contributed by atoms with E-state index in [9.17, 15) is 0 Å². The molecule has 0 aromatic carbocycles. The molecule has 0 bridgehead atoms. The fourth-order valence-electron chi connectivity index (χ4n) is 2.98. The van der Waals surface area contributed by atoms with Gasteiger partial charge in [0.1, 0.15) is 10.8 Å². The average Bonchev–Trinajstić information content (AvgIpc) is 3.15. The molecule has 1 N–H and O–H groups in total. The molecule has 0 aliphatic heterocycles. The van der Waals surface area contributed by atoms with Crippen molar-refractivity contribution in [2.24, 2.45) is 5.16 Å². The zero-order valence-corrected chi connectivity index (χ0v) is 18.8. The van der Waals surface area contributed by atoms with Crippen molar-refractivity contribution in [2.75, 3.05) is 11.9 Å². The molecule has 0 spiro atoms. The SMILES string of the molecule is CCNc1nc(O/N=C(\C)c2sc(-c3cccnc3)nc2C)nc(C(CC)CC)n1. The number of anilines is 1. The van der Waals surface area contributed by atoms with Gasteiger partial charge in [0.05, 0.1) is 16.3 Å². The van der Waals surface area contributed by atoms with Crippen molar-refractivity contribution in [1.82, 2.24) is 24.9 Å². The molecule has 0 saturated carbocycles. The van der Waals surface area contributed by atoms with Crippen LogP contribution in [0.4, 0.5) is 5.95 Å². The lowest BCUT2D eigenvalue weighted by atomic mass is 10.0. The number of aryl methyl sites for hydroxylation is 1. The lowest BCUT2D eigenvalue weighted by Crippen LogP contribution is -2.11. The fourth-order valence-corrected chi connectivity index (χ4v) is 3.97. The summed E-state index contributed by atoms with van der Waals surface area (Å²) < 4.78 is 0. The van der Waals surface area contributed by atoms with Crippen LogP contribution in [0.25, 0.3) is 10.6 Å². The Hall–Kier alpha value is -2.94. The van der Waals surface area contributed by atoms with Gasteiger partial charge < -0.3 is 10.2 Å². The van der Waals surface area contributed by atoms with E-state index in [4.69, 9.17) is 4.84 Å². The van der Waals surface area contributed by atoms with E-state index in [1.165, 1.54) is 0 Å². The molecule has 9 heteroatoms. The summed E-state index contributed by atoms with van der Waals surface area (Å²) in [5.74, 6) is 1.48. The molecule has 0 unspecified atom stereocenters. The van der Waals surface area contributed by atoms with Gasteiger partial charge in [0.25, 0.3) is 0 Å². The number of oxime groups is 1. The maximum Gasteiger partial charge on any atom is 0.350 e. The van der Waals surface area contributed by atoms with Crippen molar-refractivity contribution in [1.29, 1.82) is 0 Å². The van der Waals surface area contributed by atoms with Crippen LogP contribution in [0, 0.1) is 6.92 Å². The van der Waals surface area contributed by atoms with E-state index in [1.807, 2.05) is 32.9 Å². The summed E-state index contributed by atoms with van der Waals surface area (Å²) in [6.07, 6.45) is 5.45. The first-order valence-corrected chi connectivity index (χ1v) is 11.0. The van der Waals surface area contributed by atoms with E-state index in [0.717, 1.165) is 45.5 Å². The van der Waals surface area contributed by atoms with Crippen LogP contribution >= 0.6 is 11.3 Å². The van der Waals surface area contributed by atoms with Gasteiger partial charge in [-0.25, -0.2) is 4.98 Å². The Morgan fingerprint density at radius 2 is 1.97 bits per heavy atom. The molecule has 158 valence electrons. The highest BCUT2D eigenvalue weighted by atomic mass is 32.1. The Bertz CT molecular complexity index is 1000. The summed E-state index contributed by atoms with van der Waals surface area (Å²) in [5, 5.41) is 8.31. The van der Waals surface area contributed by atoms with Gasteiger partial charge in [-0.05, 0) is 45.7 Å². The lowest BCUT2D eigenvalue weighted by Gasteiger charge is -2.12. The van der Waals surface area contributed by atoms with Crippen molar-refractivity contribution in [3.63, 3.8) is 0 Å². The number of thiazole rings is 1. The second kappa shape index (κ2) is 10.2. The second-order valence-electron chi connectivity index (χ2n) is 6.79. The molecular formula is C21H27N7OS. The molecule has 0 aliphatic carbocycles. The van der Waals surface area contributed by atoms with Crippen molar-refractivity contribution in [3.05, 3.63) is 40.9 Å². The molecule has 3 aromatic heterocycles. The minimum atomic E-state index is 0.192. The molecule has 0 radical (unpaired) electrons. The summed E-state index contributed by atoms with van der Waals surface area (Å²) in [5.41, 5.74) is 2.59. The van der Waals surface area contributed by atoms with E-state index in [1.54, 1.807) is 23.7 Å². The molecule has 3 heterocycles. The standard InChI is InChI=1S/C21H27N7OS/c1-6-15(7-2)18-25-20(23-8-3)27-21(26-18)29-28-14(5)17-13(4)24-19(30-17)16-10-9-11-22-12-16/h9-12,15H,6-8H2,1-5H3,(H,23,25,26,27)/b28-14+. The highest BCUT2D eigenvalue weighted by Crippen LogP contribution is 2.28. The Balaban J connectivity index is 1.85. The summed E-state index contributed by atoms with van der Waals surface area (Å²) in [7, 11) is 0. The van der Waals surface area contributed by atoms with Gasteiger partial charge in [-0.1, -0.05) is 19.0 Å². The number of aromatic nitrogens is 5. The van der Waals surface area contributed by atoms with Gasteiger partial charge in [0.2, 0.25) is 5.95 Å². The molecule has 0 saturated heterocycles. The summed E-state index contributed by atoms with van der Waals surface area (Å²) in [6, 6.07) is 4.08. The van der Waals surface area contributed by atoms with Gasteiger partial charge in [0, 0.05) is 30.4 Å². The Morgan fingerprint density at radius 1 is 1.17 bits per heavy atom. The van der Waals surface area contributed by atoms with Gasteiger partial charge in [-0.3, -0.25) is 4.98 Å². The maximum absolute atomic E-state index is 5.61. The molecule has 0 amide bonds. The highest BCUT2D eigenvalue weighted by molar-refractivity contribution is 7.17. The predicted octanol–water partition coefficient (Wildman–Crippen LogP) is 4.84. The number of nitrogens with zero attached hydrogens (tertiary/aromatic N) is 6. The summed E-state index contributed by atoms with van der Waals surface area (Å²) in [4.78, 5) is 28.7. The first-order valence-electron chi connectivity index (χ1n) is 10.1. The van der Waals surface area contributed by atoms with Crippen molar-refractivity contribution < 1.29 is 4.84 Å². The quantitative estimate of drug-likeness (QED) is 0.387. The zero-order chi connectivity index (χ0) is 21.5. The maximum atomic E-state index is 5.61. The van der Waals surface area contributed by atoms with Gasteiger partial charge in [-0.2, -0.15) is 15.0 Å². The van der Waals surface area contributed by atoms with Crippen LogP contribution in [-0.2, 0) is 0 Å². The molecule has 30 heavy (non-hydrogen) atoms. The van der Waals surface area contributed by atoms with Gasteiger partial charge >= 0.3 is 6.01 Å². The average molecular weight is 426 g/mol. The van der Waals surface area contributed by atoms with E-state index in [2.05, 4.69) is 49.2 Å². The summed E-state index contributed by atoms with van der Waals surface area (Å²) in [6.45, 7) is 10.8. The van der Waals surface area contributed by atoms with Crippen molar-refractivity contribution in [3.8, 4) is 16.6 Å². The molecule has 0 aliphatic rings. The Labute approximate surface area is 180 Å². The lowest BCUT2D eigenvalue weighted by molar-refractivity contribution is 0.309. The van der Waals surface area contributed by atoms with Crippen LogP contribution in [0.2, 0.25) is 0 Å². The van der Waals surface area contributed by atoms with Gasteiger partial charge in [-0.15, -0.1) is 11.3 Å². The minimum Gasteiger partial charge on any atom is -0.354 e. The molecule has 0 atom stereocenters. The van der Waals surface area contributed by atoms with Crippen LogP contribution in [0.5, 0.6) is 6.01 Å². The van der Waals surface area contributed by atoms with E-state index >= 15 is 0 Å². The van der Waals surface area contributed by atoms with E-state index in [-0.39, 0.29) is 11.9 Å². The van der Waals surface area contributed by atoms with Crippen molar-refractivity contribution in [2.45, 2.75) is 53.4 Å². The normalized spacial score (nSPS) is 11.7. The third-order valence-corrected chi connectivity index (χ3v) is 5.93. The summed E-state index contributed by atoms with van der Waals surface area (Å²) >= 11 is 1.56. The Kier molecular flexibility index (Phi) is 7.40. The number of rotatable bonds is 9. The van der Waals surface area contributed by atoms with Gasteiger partial charge in [0.15, 0.2) is 0 Å². The topological polar surface area (TPSA) is 98.1 Å². The number of pyridine rings is 1. The van der Waals surface area contributed by atoms with Crippen LogP contribution < -0.4 is 10.2 Å². The first kappa shape index (κ1) is 21.8.